The number of nitrogens with one attached hydrogen (secondary N) is 3. The monoisotopic (exact) mass is 472 g/mol. The number of carbonyl (C=O) groups is 3. The predicted molar refractivity (Wildman–Crippen MR) is 128 cm³/mol. The Hall–Kier alpha value is -2.81. The van der Waals surface area contributed by atoms with Gasteiger partial charge in [0.2, 0.25) is 5.91 Å². The van der Waals surface area contributed by atoms with Crippen LogP contribution >= 0.6 is 0 Å². The fourth-order valence-electron chi connectivity index (χ4n) is 5.18. The summed E-state index contributed by atoms with van der Waals surface area (Å²) in [6.45, 7) is 2.63. The first kappa shape index (κ1) is 24.3. The Bertz CT molecular complexity index is 901. The van der Waals surface area contributed by atoms with Crippen LogP contribution in [0.1, 0.15) is 68.6 Å². The van der Waals surface area contributed by atoms with E-state index in [1.165, 1.54) is 19.3 Å². The number of anilines is 1. The van der Waals surface area contributed by atoms with Crippen molar-refractivity contribution in [2.45, 2.75) is 82.6 Å². The van der Waals surface area contributed by atoms with Crippen LogP contribution in [0.5, 0.6) is 5.75 Å². The Morgan fingerprint density at radius 1 is 1.12 bits per heavy atom. The third-order valence-electron chi connectivity index (χ3n) is 6.99. The Morgan fingerprint density at radius 2 is 1.91 bits per heavy atom. The highest BCUT2D eigenvalue weighted by Crippen LogP contribution is 2.32. The average molecular weight is 473 g/mol. The van der Waals surface area contributed by atoms with Crippen molar-refractivity contribution in [3.8, 4) is 5.75 Å². The van der Waals surface area contributed by atoms with Gasteiger partial charge in [-0.3, -0.25) is 9.59 Å². The van der Waals surface area contributed by atoms with E-state index in [0.29, 0.717) is 43.0 Å². The summed E-state index contributed by atoms with van der Waals surface area (Å²) in [7, 11) is 1.78. The Kier molecular flexibility index (Phi) is 7.92. The summed E-state index contributed by atoms with van der Waals surface area (Å²) < 4.78 is 12.3. The Labute approximate surface area is 200 Å². The maximum atomic E-state index is 13.3. The van der Waals surface area contributed by atoms with Crippen molar-refractivity contribution in [1.82, 2.24) is 15.5 Å². The van der Waals surface area contributed by atoms with E-state index in [2.05, 4.69) is 16.0 Å². The minimum absolute atomic E-state index is 0.0454. The van der Waals surface area contributed by atoms with Crippen LogP contribution in [0.2, 0.25) is 0 Å². The van der Waals surface area contributed by atoms with Crippen molar-refractivity contribution >= 4 is 23.5 Å². The molecular weight excluding hydrogens is 436 g/mol. The van der Waals surface area contributed by atoms with Crippen LogP contribution in [0.3, 0.4) is 0 Å². The lowest BCUT2D eigenvalue weighted by Gasteiger charge is -2.42. The lowest BCUT2D eigenvalue weighted by atomic mass is 9.93. The zero-order valence-corrected chi connectivity index (χ0v) is 20.1. The van der Waals surface area contributed by atoms with Crippen molar-refractivity contribution < 1.29 is 23.9 Å². The molecule has 0 bridgehead atoms. The predicted octanol–water partition coefficient (Wildman–Crippen LogP) is 3.05. The summed E-state index contributed by atoms with van der Waals surface area (Å²) in [5, 5.41) is 8.57. The molecule has 1 aliphatic carbocycles. The van der Waals surface area contributed by atoms with E-state index in [0.717, 1.165) is 19.3 Å². The zero-order chi connectivity index (χ0) is 24.1. The number of hydrogen-bond donors (Lipinski definition) is 3. The molecule has 2 aliphatic heterocycles. The van der Waals surface area contributed by atoms with E-state index in [1.54, 1.807) is 30.1 Å². The first-order valence-corrected chi connectivity index (χ1v) is 12.5. The number of hydrogen-bond acceptors (Lipinski definition) is 5. The second kappa shape index (κ2) is 11.1. The maximum Gasteiger partial charge on any atom is 0.319 e. The van der Waals surface area contributed by atoms with Crippen LogP contribution in [0.25, 0.3) is 0 Å². The molecule has 186 valence electrons. The van der Waals surface area contributed by atoms with E-state index in [9.17, 15) is 14.4 Å². The smallest absolute Gasteiger partial charge is 0.319 e. The fraction of sp³-hybridized carbons (Fsp3) is 0.640. The maximum absolute atomic E-state index is 13.3. The van der Waals surface area contributed by atoms with Crippen LogP contribution in [-0.2, 0) is 9.53 Å². The highest BCUT2D eigenvalue weighted by atomic mass is 16.5. The molecule has 4 amide bonds. The van der Waals surface area contributed by atoms with Crippen molar-refractivity contribution in [3.05, 3.63) is 23.8 Å². The van der Waals surface area contributed by atoms with Gasteiger partial charge in [0.15, 0.2) is 0 Å². The van der Waals surface area contributed by atoms with Gasteiger partial charge in [0, 0.05) is 25.3 Å². The Morgan fingerprint density at radius 3 is 2.68 bits per heavy atom. The van der Waals surface area contributed by atoms with Crippen molar-refractivity contribution in [2.75, 3.05) is 25.5 Å². The van der Waals surface area contributed by atoms with Gasteiger partial charge in [-0.1, -0.05) is 19.3 Å². The summed E-state index contributed by atoms with van der Waals surface area (Å²) in [6.07, 6.45) is 7.02. The molecule has 0 spiro atoms. The molecule has 3 aliphatic rings. The highest BCUT2D eigenvalue weighted by Gasteiger charge is 2.39. The van der Waals surface area contributed by atoms with Gasteiger partial charge in [0.05, 0.1) is 24.1 Å². The number of ether oxygens (including phenoxy) is 2. The van der Waals surface area contributed by atoms with E-state index in [1.807, 2.05) is 6.92 Å². The van der Waals surface area contributed by atoms with Crippen LogP contribution in [-0.4, -0.2) is 67.2 Å². The summed E-state index contributed by atoms with van der Waals surface area (Å²) in [5.74, 6) is 0.322. The fourth-order valence-corrected chi connectivity index (χ4v) is 5.18. The van der Waals surface area contributed by atoms with Crippen LogP contribution in [0.15, 0.2) is 18.2 Å². The third kappa shape index (κ3) is 5.81. The van der Waals surface area contributed by atoms with Crippen molar-refractivity contribution in [1.29, 1.82) is 0 Å². The lowest BCUT2D eigenvalue weighted by molar-refractivity contribution is -0.134. The standard InChI is InChI=1S/C25H36N4O5/c1-3-26-25(32)28-17-9-12-21-19(13-17)24(31)29(2)20-11-10-18(34-22(20)15-33-21)14-23(30)27-16-7-5-4-6-8-16/h9,12-13,16,18,20,22H,3-8,10-11,14-15H2,1-2H3,(H,27,30)(H2,26,28,32)/t18-,20+,22+/m1/s1. The number of likely N-dealkylation sites (N-methyl/N-ethyl adjacent to an activating group) is 1. The molecule has 2 heterocycles. The van der Waals surface area contributed by atoms with Gasteiger partial charge >= 0.3 is 6.03 Å². The van der Waals surface area contributed by atoms with E-state index in [4.69, 9.17) is 9.47 Å². The molecule has 34 heavy (non-hydrogen) atoms. The molecule has 1 saturated carbocycles. The molecule has 1 aromatic rings. The molecule has 0 aromatic heterocycles. The second-order valence-electron chi connectivity index (χ2n) is 9.47. The number of amides is 4. The number of carbonyl (C=O) groups excluding carboxylic acids is 3. The Balaban J connectivity index is 1.39. The number of fused-ring (bicyclic) bond motifs is 2. The minimum Gasteiger partial charge on any atom is -0.490 e. The van der Waals surface area contributed by atoms with E-state index in [-0.39, 0.29) is 42.1 Å². The number of benzene rings is 1. The van der Waals surface area contributed by atoms with Gasteiger partial charge < -0.3 is 30.3 Å². The topological polar surface area (TPSA) is 109 Å². The van der Waals surface area contributed by atoms with Crippen LogP contribution < -0.4 is 20.7 Å². The first-order valence-electron chi connectivity index (χ1n) is 12.5. The number of urea groups is 1. The first-order chi connectivity index (χ1) is 16.4. The van der Waals surface area contributed by atoms with Gasteiger partial charge in [-0.15, -0.1) is 0 Å². The van der Waals surface area contributed by atoms with Crippen LogP contribution in [0, 0.1) is 0 Å². The van der Waals surface area contributed by atoms with Gasteiger partial charge in [0.25, 0.3) is 5.91 Å². The molecule has 1 saturated heterocycles. The average Bonchev–Trinajstić information content (AvgIpc) is 2.82. The zero-order valence-electron chi connectivity index (χ0n) is 20.1. The summed E-state index contributed by atoms with van der Waals surface area (Å²) >= 11 is 0. The quantitative estimate of drug-likeness (QED) is 0.610. The summed E-state index contributed by atoms with van der Waals surface area (Å²) in [5.41, 5.74) is 0.931. The van der Waals surface area contributed by atoms with Gasteiger partial charge in [-0.05, 0) is 50.8 Å². The number of nitrogens with zero attached hydrogens (tertiary/aromatic N) is 1. The summed E-state index contributed by atoms with van der Waals surface area (Å²) in [4.78, 5) is 39.4. The van der Waals surface area contributed by atoms with E-state index < -0.39 is 0 Å². The van der Waals surface area contributed by atoms with Gasteiger partial charge in [0.1, 0.15) is 18.5 Å². The highest BCUT2D eigenvalue weighted by molar-refractivity contribution is 5.99. The van der Waals surface area contributed by atoms with Crippen LogP contribution in [0.4, 0.5) is 10.5 Å². The second-order valence-corrected chi connectivity index (χ2v) is 9.47. The molecule has 2 fully saturated rings. The largest absolute Gasteiger partial charge is 0.490 e. The molecule has 9 heteroatoms. The summed E-state index contributed by atoms with van der Waals surface area (Å²) in [6, 6.07) is 4.87. The normalized spacial score (nSPS) is 25.2. The number of rotatable bonds is 5. The molecule has 9 nitrogen and oxygen atoms in total. The molecule has 3 N–H and O–H groups in total. The minimum atomic E-state index is -0.325. The van der Waals surface area contributed by atoms with Gasteiger partial charge in [-0.2, -0.15) is 0 Å². The molecular formula is C25H36N4O5. The van der Waals surface area contributed by atoms with E-state index >= 15 is 0 Å². The van der Waals surface area contributed by atoms with Crippen molar-refractivity contribution in [3.63, 3.8) is 0 Å². The SMILES string of the molecule is CCNC(=O)Nc1ccc2c(c1)C(=O)N(C)[C@H]1CC[C@H](CC(=O)NC3CCCCC3)O[C@H]1CO2. The lowest BCUT2D eigenvalue weighted by Crippen LogP contribution is -2.54. The molecule has 1 aromatic carbocycles. The molecule has 0 radical (unpaired) electrons. The third-order valence-corrected chi connectivity index (χ3v) is 6.99. The van der Waals surface area contributed by atoms with Gasteiger partial charge in [-0.25, -0.2) is 4.79 Å². The molecule has 3 atom stereocenters. The van der Waals surface area contributed by atoms with Crippen molar-refractivity contribution in [2.24, 2.45) is 0 Å². The molecule has 0 unspecified atom stereocenters. The molecule has 4 rings (SSSR count).